The zero-order valence-electron chi connectivity index (χ0n) is 11.9. The second-order valence-corrected chi connectivity index (χ2v) is 4.48. The zero-order valence-corrected chi connectivity index (χ0v) is 11.9. The standard InChI is InChI=1S/C16H18N2O3/c1-2-14(17-20)13-7-3-4-8-15(13)21-12-11-18-10-6-5-9-16(18)19/h3-10,20H,2,11-12H2,1H3/b17-14-. The van der Waals surface area contributed by atoms with Crippen LogP contribution >= 0.6 is 0 Å². The van der Waals surface area contributed by atoms with Gasteiger partial charge in [0.2, 0.25) is 0 Å². The van der Waals surface area contributed by atoms with E-state index >= 15 is 0 Å². The average Bonchev–Trinajstić information content (AvgIpc) is 2.52. The molecule has 0 atom stereocenters. The number of nitrogens with zero attached hydrogens (tertiary/aromatic N) is 2. The van der Waals surface area contributed by atoms with E-state index in [0.29, 0.717) is 31.0 Å². The van der Waals surface area contributed by atoms with Crippen molar-refractivity contribution in [1.29, 1.82) is 0 Å². The maximum atomic E-state index is 11.6. The van der Waals surface area contributed by atoms with Crippen LogP contribution in [0.15, 0.2) is 58.6 Å². The average molecular weight is 286 g/mol. The molecule has 0 aliphatic heterocycles. The Kier molecular flexibility index (Phi) is 5.15. The zero-order chi connectivity index (χ0) is 15.1. The summed E-state index contributed by atoms with van der Waals surface area (Å²) in [5.74, 6) is 0.649. The quantitative estimate of drug-likeness (QED) is 0.504. The summed E-state index contributed by atoms with van der Waals surface area (Å²) in [6.45, 7) is 2.74. The van der Waals surface area contributed by atoms with Gasteiger partial charge in [-0.1, -0.05) is 30.3 Å². The molecule has 0 radical (unpaired) electrons. The van der Waals surface area contributed by atoms with E-state index in [4.69, 9.17) is 9.94 Å². The number of para-hydroxylation sites is 1. The maximum Gasteiger partial charge on any atom is 0.250 e. The number of hydrogen-bond donors (Lipinski definition) is 1. The number of rotatable bonds is 6. The summed E-state index contributed by atoms with van der Waals surface area (Å²) in [5, 5.41) is 12.3. The molecule has 0 saturated carbocycles. The molecule has 0 saturated heterocycles. The van der Waals surface area contributed by atoms with Crippen molar-refractivity contribution in [2.24, 2.45) is 5.16 Å². The molecule has 1 N–H and O–H groups in total. The lowest BCUT2D eigenvalue weighted by Crippen LogP contribution is -2.21. The Balaban J connectivity index is 2.07. The van der Waals surface area contributed by atoms with Gasteiger partial charge in [0.05, 0.1) is 12.3 Å². The van der Waals surface area contributed by atoms with Gasteiger partial charge in [0.1, 0.15) is 12.4 Å². The van der Waals surface area contributed by atoms with E-state index in [9.17, 15) is 4.79 Å². The van der Waals surface area contributed by atoms with Crippen molar-refractivity contribution in [2.45, 2.75) is 19.9 Å². The van der Waals surface area contributed by atoms with Crippen molar-refractivity contribution >= 4 is 5.71 Å². The van der Waals surface area contributed by atoms with E-state index in [1.807, 2.05) is 37.3 Å². The van der Waals surface area contributed by atoms with Crippen molar-refractivity contribution in [3.63, 3.8) is 0 Å². The molecule has 1 aromatic carbocycles. The van der Waals surface area contributed by atoms with E-state index < -0.39 is 0 Å². The molecule has 0 aliphatic carbocycles. The third-order valence-corrected chi connectivity index (χ3v) is 3.14. The largest absolute Gasteiger partial charge is 0.491 e. The molecule has 5 heteroatoms. The van der Waals surface area contributed by atoms with Crippen molar-refractivity contribution in [1.82, 2.24) is 4.57 Å². The van der Waals surface area contributed by atoms with Crippen LogP contribution in [0, 0.1) is 0 Å². The third-order valence-electron chi connectivity index (χ3n) is 3.14. The van der Waals surface area contributed by atoms with Gasteiger partial charge in [-0.05, 0) is 24.6 Å². The normalized spacial score (nSPS) is 11.4. The summed E-state index contributed by atoms with van der Waals surface area (Å²) < 4.78 is 7.32. The minimum absolute atomic E-state index is 0.0550. The Labute approximate surface area is 123 Å². The Morgan fingerprint density at radius 1 is 1.24 bits per heavy atom. The lowest BCUT2D eigenvalue weighted by atomic mass is 10.1. The predicted molar refractivity (Wildman–Crippen MR) is 81.3 cm³/mol. The molecule has 1 heterocycles. The second kappa shape index (κ2) is 7.28. The highest BCUT2D eigenvalue weighted by Crippen LogP contribution is 2.20. The van der Waals surface area contributed by atoms with E-state index in [2.05, 4.69) is 5.16 Å². The molecule has 2 rings (SSSR count). The van der Waals surface area contributed by atoms with Crippen LogP contribution in [0.3, 0.4) is 0 Å². The number of benzene rings is 1. The number of hydrogen-bond acceptors (Lipinski definition) is 4. The van der Waals surface area contributed by atoms with Gasteiger partial charge in [-0.2, -0.15) is 0 Å². The molecule has 0 unspecified atom stereocenters. The predicted octanol–water partition coefficient (Wildman–Crippen LogP) is 2.52. The molecule has 1 aromatic heterocycles. The molecule has 0 fully saturated rings. The molecule has 2 aromatic rings. The van der Waals surface area contributed by atoms with Crippen molar-refractivity contribution in [3.8, 4) is 5.75 Å². The van der Waals surface area contributed by atoms with Crippen molar-refractivity contribution in [3.05, 3.63) is 64.6 Å². The molecule has 110 valence electrons. The number of ether oxygens (including phenoxy) is 1. The maximum absolute atomic E-state index is 11.6. The van der Waals surface area contributed by atoms with Crippen molar-refractivity contribution in [2.75, 3.05) is 6.61 Å². The van der Waals surface area contributed by atoms with Gasteiger partial charge in [0, 0.05) is 17.8 Å². The van der Waals surface area contributed by atoms with Crippen LogP contribution in [0.25, 0.3) is 0 Å². The van der Waals surface area contributed by atoms with Gasteiger partial charge in [-0.3, -0.25) is 4.79 Å². The van der Waals surface area contributed by atoms with Crippen LogP contribution < -0.4 is 10.3 Å². The fraction of sp³-hybridized carbons (Fsp3) is 0.250. The first-order valence-electron chi connectivity index (χ1n) is 6.85. The Hall–Kier alpha value is -2.56. The van der Waals surface area contributed by atoms with Crippen LogP contribution in [0.5, 0.6) is 5.75 Å². The van der Waals surface area contributed by atoms with Crippen molar-refractivity contribution < 1.29 is 9.94 Å². The van der Waals surface area contributed by atoms with Crippen LogP contribution in [-0.2, 0) is 6.54 Å². The fourth-order valence-electron chi connectivity index (χ4n) is 2.05. The summed E-state index contributed by atoms with van der Waals surface area (Å²) in [6.07, 6.45) is 2.33. The Morgan fingerprint density at radius 2 is 2.00 bits per heavy atom. The summed E-state index contributed by atoms with van der Waals surface area (Å²) in [7, 11) is 0. The molecule has 21 heavy (non-hydrogen) atoms. The van der Waals surface area contributed by atoms with E-state index in [1.54, 1.807) is 16.8 Å². The Bertz CT molecular complexity index is 677. The smallest absolute Gasteiger partial charge is 0.250 e. The first kappa shape index (κ1) is 14.8. The monoisotopic (exact) mass is 286 g/mol. The van der Waals surface area contributed by atoms with E-state index in [-0.39, 0.29) is 5.56 Å². The van der Waals surface area contributed by atoms with Crippen LogP contribution in [0.4, 0.5) is 0 Å². The Morgan fingerprint density at radius 3 is 2.71 bits per heavy atom. The minimum atomic E-state index is -0.0550. The third kappa shape index (κ3) is 3.72. The highest BCUT2D eigenvalue weighted by Gasteiger charge is 2.09. The molecular formula is C16H18N2O3. The van der Waals surface area contributed by atoms with Gasteiger partial charge < -0.3 is 14.5 Å². The topological polar surface area (TPSA) is 63.8 Å². The van der Waals surface area contributed by atoms with Gasteiger partial charge in [-0.25, -0.2) is 0 Å². The van der Waals surface area contributed by atoms with Crippen LogP contribution in [0.1, 0.15) is 18.9 Å². The lowest BCUT2D eigenvalue weighted by molar-refractivity contribution is 0.294. The summed E-state index contributed by atoms with van der Waals surface area (Å²) in [4.78, 5) is 11.6. The first-order valence-corrected chi connectivity index (χ1v) is 6.85. The summed E-state index contributed by atoms with van der Waals surface area (Å²) in [5.41, 5.74) is 1.28. The summed E-state index contributed by atoms with van der Waals surface area (Å²) in [6, 6.07) is 12.4. The van der Waals surface area contributed by atoms with Gasteiger partial charge in [0.15, 0.2) is 0 Å². The number of pyridine rings is 1. The molecule has 5 nitrogen and oxygen atoms in total. The molecule has 0 amide bonds. The second-order valence-electron chi connectivity index (χ2n) is 4.48. The summed E-state index contributed by atoms with van der Waals surface area (Å²) >= 11 is 0. The highest BCUT2D eigenvalue weighted by molar-refractivity contribution is 6.02. The molecule has 0 aliphatic rings. The molecule has 0 bridgehead atoms. The SMILES string of the molecule is CC/C(=N/O)c1ccccc1OCCn1ccccc1=O. The van der Waals surface area contributed by atoms with E-state index in [1.165, 1.54) is 6.07 Å². The minimum Gasteiger partial charge on any atom is -0.491 e. The van der Waals surface area contributed by atoms with Crippen LogP contribution in [-0.4, -0.2) is 22.1 Å². The number of aromatic nitrogens is 1. The van der Waals surface area contributed by atoms with E-state index in [0.717, 1.165) is 5.56 Å². The molecular weight excluding hydrogens is 268 g/mol. The lowest BCUT2D eigenvalue weighted by Gasteiger charge is -2.12. The first-order chi connectivity index (χ1) is 10.3. The molecule has 0 spiro atoms. The highest BCUT2D eigenvalue weighted by atomic mass is 16.5. The fourth-order valence-corrected chi connectivity index (χ4v) is 2.05. The number of oxime groups is 1. The van der Waals surface area contributed by atoms with Gasteiger partial charge >= 0.3 is 0 Å². The van der Waals surface area contributed by atoms with Crippen LogP contribution in [0.2, 0.25) is 0 Å². The van der Waals surface area contributed by atoms with Gasteiger partial charge in [0.25, 0.3) is 5.56 Å². The van der Waals surface area contributed by atoms with Gasteiger partial charge in [-0.15, -0.1) is 0 Å².